The molecule has 106 valence electrons. The minimum Gasteiger partial charge on any atom is -0.481 e. The highest BCUT2D eigenvalue weighted by atomic mass is 16.4. The van der Waals surface area contributed by atoms with Crippen LogP contribution in [0, 0.1) is 11.8 Å². The molecule has 1 amide bonds. The van der Waals surface area contributed by atoms with Gasteiger partial charge in [-0.05, 0) is 24.7 Å². The first-order chi connectivity index (χ1) is 8.32. The topological polar surface area (TPSA) is 57.6 Å². The minimum atomic E-state index is -0.906. The van der Waals surface area contributed by atoms with Gasteiger partial charge in [0.05, 0.1) is 6.42 Å². The number of carboxylic acid groups (broad SMARTS) is 1. The average Bonchev–Trinajstić information content (AvgIpc) is 2.25. The number of amides is 1. The summed E-state index contributed by atoms with van der Waals surface area (Å²) in [5, 5.41) is 8.61. The molecule has 0 saturated heterocycles. The van der Waals surface area contributed by atoms with Gasteiger partial charge in [-0.25, -0.2) is 0 Å². The molecule has 0 rings (SSSR count). The third-order valence-electron chi connectivity index (χ3n) is 2.86. The van der Waals surface area contributed by atoms with Crippen molar-refractivity contribution in [3.63, 3.8) is 0 Å². The molecular weight excluding hydrogens is 230 g/mol. The number of hydrogen-bond acceptors (Lipinski definition) is 2. The molecule has 0 saturated carbocycles. The van der Waals surface area contributed by atoms with Gasteiger partial charge in [0.1, 0.15) is 0 Å². The van der Waals surface area contributed by atoms with E-state index in [4.69, 9.17) is 5.11 Å². The van der Waals surface area contributed by atoms with Crippen LogP contribution in [0.25, 0.3) is 0 Å². The largest absolute Gasteiger partial charge is 0.481 e. The van der Waals surface area contributed by atoms with Gasteiger partial charge in [-0.2, -0.15) is 0 Å². The van der Waals surface area contributed by atoms with Crippen molar-refractivity contribution in [3.8, 4) is 0 Å². The Hall–Kier alpha value is -1.06. The first-order valence-corrected chi connectivity index (χ1v) is 6.82. The van der Waals surface area contributed by atoms with Gasteiger partial charge >= 0.3 is 5.97 Å². The summed E-state index contributed by atoms with van der Waals surface area (Å²) in [5.74, 6) is 0.173. The third-order valence-corrected chi connectivity index (χ3v) is 2.86. The molecule has 0 aromatic carbocycles. The lowest BCUT2D eigenvalue weighted by Gasteiger charge is -2.24. The third kappa shape index (κ3) is 9.02. The van der Waals surface area contributed by atoms with E-state index in [0.717, 1.165) is 25.9 Å². The van der Waals surface area contributed by atoms with E-state index in [-0.39, 0.29) is 18.7 Å². The molecule has 0 fully saturated rings. The monoisotopic (exact) mass is 257 g/mol. The molecule has 0 aromatic rings. The molecule has 0 bridgehead atoms. The van der Waals surface area contributed by atoms with Gasteiger partial charge in [-0.1, -0.05) is 27.7 Å². The summed E-state index contributed by atoms with van der Waals surface area (Å²) in [6.07, 6.45) is 1.98. The summed E-state index contributed by atoms with van der Waals surface area (Å²) < 4.78 is 0. The Morgan fingerprint density at radius 3 is 1.72 bits per heavy atom. The first kappa shape index (κ1) is 16.9. The maximum Gasteiger partial charge on any atom is 0.303 e. The Kier molecular flexibility index (Phi) is 8.42. The fourth-order valence-electron chi connectivity index (χ4n) is 1.56. The number of aliphatic carboxylic acids is 1. The van der Waals surface area contributed by atoms with Gasteiger partial charge < -0.3 is 10.0 Å². The molecule has 0 unspecified atom stereocenters. The first-order valence-electron chi connectivity index (χ1n) is 6.82. The lowest BCUT2D eigenvalue weighted by molar-refractivity contribution is -0.141. The minimum absolute atomic E-state index is 0.0290. The summed E-state index contributed by atoms with van der Waals surface area (Å²) in [4.78, 5) is 24.2. The lowest BCUT2D eigenvalue weighted by Crippen LogP contribution is -2.34. The maximum atomic E-state index is 11.9. The molecule has 0 heterocycles. The van der Waals surface area contributed by atoms with Crippen LogP contribution in [0.15, 0.2) is 0 Å². The van der Waals surface area contributed by atoms with Crippen LogP contribution in [0.1, 0.15) is 53.4 Å². The van der Waals surface area contributed by atoms with Gasteiger partial charge in [-0.15, -0.1) is 0 Å². The number of rotatable bonds is 9. The standard InChI is InChI=1S/C14H27NO3/c1-11(2)7-9-15(10-8-12(3)4)13(16)5-6-14(17)18/h11-12H,5-10H2,1-4H3,(H,17,18). The van der Waals surface area contributed by atoms with Crippen LogP contribution in [0.2, 0.25) is 0 Å². The van der Waals surface area contributed by atoms with Crippen molar-refractivity contribution in [1.29, 1.82) is 0 Å². The summed E-state index contributed by atoms with van der Waals surface area (Å²) >= 11 is 0. The summed E-state index contributed by atoms with van der Waals surface area (Å²) in [7, 11) is 0. The van der Waals surface area contributed by atoms with E-state index in [9.17, 15) is 9.59 Å². The molecule has 0 aliphatic heterocycles. The fraction of sp³-hybridized carbons (Fsp3) is 0.857. The van der Waals surface area contributed by atoms with Crippen molar-refractivity contribution in [1.82, 2.24) is 4.90 Å². The summed E-state index contributed by atoms with van der Waals surface area (Å²) in [5.41, 5.74) is 0. The van der Waals surface area contributed by atoms with Crippen LogP contribution < -0.4 is 0 Å². The van der Waals surface area contributed by atoms with E-state index in [1.54, 1.807) is 0 Å². The van der Waals surface area contributed by atoms with Crippen LogP contribution in [0.4, 0.5) is 0 Å². The van der Waals surface area contributed by atoms with Crippen molar-refractivity contribution >= 4 is 11.9 Å². The van der Waals surface area contributed by atoms with Crippen LogP contribution in [-0.2, 0) is 9.59 Å². The van der Waals surface area contributed by atoms with Crippen molar-refractivity contribution in [2.75, 3.05) is 13.1 Å². The Morgan fingerprint density at radius 1 is 0.944 bits per heavy atom. The van der Waals surface area contributed by atoms with E-state index < -0.39 is 5.97 Å². The second-order valence-electron chi connectivity index (χ2n) is 5.64. The summed E-state index contributed by atoms with van der Waals surface area (Å²) in [6.45, 7) is 9.99. The Bertz CT molecular complexity index is 250. The quantitative estimate of drug-likeness (QED) is 0.691. The highest BCUT2D eigenvalue weighted by Gasteiger charge is 2.15. The molecule has 4 nitrogen and oxygen atoms in total. The zero-order valence-corrected chi connectivity index (χ0v) is 12.1. The number of nitrogens with zero attached hydrogens (tertiary/aromatic N) is 1. The van der Waals surface area contributed by atoms with E-state index in [1.165, 1.54) is 0 Å². The van der Waals surface area contributed by atoms with Crippen molar-refractivity contribution in [2.24, 2.45) is 11.8 Å². The number of carboxylic acids is 1. The van der Waals surface area contributed by atoms with Crippen LogP contribution >= 0.6 is 0 Å². The number of carbonyl (C=O) groups is 2. The van der Waals surface area contributed by atoms with E-state index in [1.807, 2.05) is 4.90 Å². The lowest BCUT2D eigenvalue weighted by atomic mass is 10.1. The van der Waals surface area contributed by atoms with Crippen LogP contribution in [0.3, 0.4) is 0 Å². The van der Waals surface area contributed by atoms with E-state index >= 15 is 0 Å². The molecule has 4 heteroatoms. The zero-order chi connectivity index (χ0) is 14.1. The zero-order valence-electron chi connectivity index (χ0n) is 12.1. The SMILES string of the molecule is CC(C)CCN(CCC(C)C)C(=O)CCC(=O)O. The normalized spacial score (nSPS) is 11.0. The molecule has 0 radical (unpaired) electrons. The molecule has 18 heavy (non-hydrogen) atoms. The summed E-state index contributed by atoms with van der Waals surface area (Å²) in [6, 6.07) is 0. The molecule has 0 aromatic heterocycles. The number of carbonyl (C=O) groups excluding carboxylic acids is 1. The highest BCUT2D eigenvalue weighted by molar-refractivity contribution is 5.80. The molecule has 1 N–H and O–H groups in total. The Morgan fingerprint density at radius 2 is 1.39 bits per heavy atom. The van der Waals surface area contributed by atoms with Crippen molar-refractivity contribution in [2.45, 2.75) is 53.4 Å². The molecular formula is C14H27NO3. The average molecular weight is 257 g/mol. The smallest absolute Gasteiger partial charge is 0.303 e. The Labute approximate surface area is 110 Å². The van der Waals surface area contributed by atoms with Gasteiger partial charge in [0.25, 0.3) is 0 Å². The Balaban J connectivity index is 4.24. The predicted molar refractivity (Wildman–Crippen MR) is 72.4 cm³/mol. The van der Waals surface area contributed by atoms with E-state index in [0.29, 0.717) is 11.8 Å². The molecule has 0 aliphatic carbocycles. The van der Waals surface area contributed by atoms with Gasteiger partial charge in [0.15, 0.2) is 0 Å². The maximum absolute atomic E-state index is 11.9. The van der Waals surface area contributed by atoms with Crippen LogP contribution in [-0.4, -0.2) is 35.0 Å². The number of hydrogen-bond donors (Lipinski definition) is 1. The van der Waals surface area contributed by atoms with Crippen molar-refractivity contribution < 1.29 is 14.7 Å². The highest BCUT2D eigenvalue weighted by Crippen LogP contribution is 2.08. The van der Waals surface area contributed by atoms with Gasteiger partial charge in [0, 0.05) is 19.5 Å². The molecule has 0 aliphatic rings. The van der Waals surface area contributed by atoms with Crippen molar-refractivity contribution in [3.05, 3.63) is 0 Å². The van der Waals surface area contributed by atoms with Gasteiger partial charge in [0.2, 0.25) is 5.91 Å². The van der Waals surface area contributed by atoms with Gasteiger partial charge in [-0.3, -0.25) is 9.59 Å². The second kappa shape index (κ2) is 8.95. The predicted octanol–water partition coefficient (Wildman–Crippen LogP) is 2.77. The second-order valence-corrected chi connectivity index (χ2v) is 5.64. The molecule has 0 atom stereocenters. The van der Waals surface area contributed by atoms with E-state index in [2.05, 4.69) is 27.7 Å². The van der Waals surface area contributed by atoms with Crippen LogP contribution in [0.5, 0.6) is 0 Å². The fourth-order valence-corrected chi connectivity index (χ4v) is 1.56. The molecule has 0 spiro atoms.